The fraction of sp³-hybridized carbons (Fsp3) is 0.182. The molecule has 0 spiro atoms. The van der Waals surface area contributed by atoms with Crippen LogP contribution in [0.3, 0.4) is 0 Å². The molecule has 1 N–H and O–H groups in total. The van der Waals surface area contributed by atoms with E-state index in [1.54, 1.807) is 10.8 Å². The van der Waals surface area contributed by atoms with E-state index in [0.717, 1.165) is 22.6 Å². The number of esters is 1. The Morgan fingerprint density at radius 3 is 2.58 bits per heavy atom. The Balaban J connectivity index is 1.65. The average Bonchev–Trinajstić information content (AvgIpc) is 3.02. The number of rotatable bonds is 6. The topological polar surface area (TPSA) is 86.1 Å². The van der Waals surface area contributed by atoms with E-state index in [0.29, 0.717) is 5.02 Å². The van der Waals surface area contributed by atoms with Crippen LogP contribution >= 0.6 is 23.2 Å². The Labute approximate surface area is 189 Å². The van der Waals surface area contributed by atoms with Crippen LogP contribution in [0.5, 0.6) is 0 Å². The molecule has 0 radical (unpaired) electrons. The van der Waals surface area contributed by atoms with Gasteiger partial charge in [0.25, 0.3) is 5.91 Å². The van der Waals surface area contributed by atoms with Crippen molar-refractivity contribution in [2.24, 2.45) is 0 Å². The van der Waals surface area contributed by atoms with Crippen molar-refractivity contribution in [1.29, 1.82) is 0 Å². The minimum Gasteiger partial charge on any atom is -0.449 e. The summed E-state index contributed by atoms with van der Waals surface area (Å²) >= 11 is 11.8. The number of benzene rings is 1. The molecule has 3 rings (SSSR count). The minimum absolute atomic E-state index is 0.133. The van der Waals surface area contributed by atoms with Crippen molar-refractivity contribution in [2.45, 2.75) is 26.9 Å². The van der Waals surface area contributed by atoms with Gasteiger partial charge in [0.05, 0.1) is 21.4 Å². The van der Waals surface area contributed by atoms with Gasteiger partial charge in [0.2, 0.25) is 0 Å². The molecule has 7 nitrogen and oxygen atoms in total. The fourth-order valence-corrected chi connectivity index (χ4v) is 3.29. The third kappa shape index (κ3) is 5.51. The van der Waals surface area contributed by atoms with Crippen LogP contribution in [0.1, 0.15) is 23.9 Å². The molecule has 0 aliphatic carbocycles. The van der Waals surface area contributed by atoms with Crippen molar-refractivity contribution < 1.29 is 14.3 Å². The molecule has 31 heavy (non-hydrogen) atoms. The molecule has 2 heterocycles. The third-order valence-electron chi connectivity index (χ3n) is 4.45. The van der Waals surface area contributed by atoms with E-state index in [1.165, 1.54) is 25.3 Å². The predicted molar refractivity (Wildman–Crippen MR) is 121 cm³/mol. The van der Waals surface area contributed by atoms with Crippen LogP contribution in [0.2, 0.25) is 10.0 Å². The Morgan fingerprint density at radius 2 is 1.90 bits per heavy atom. The Bertz CT molecular complexity index is 1140. The quantitative estimate of drug-likeness (QED) is 0.424. The van der Waals surface area contributed by atoms with Gasteiger partial charge in [-0.05, 0) is 45.0 Å². The molecule has 9 heteroatoms. The molecule has 2 aromatic heterocycles. The van der Waals surface area contributed by atoms with Crippen molar-refractivity contribution in [2.75, 3.05) is 5.32 Å². The number of nitrogens with zero attached hydrogens (tertiary/aromatic N) is 3. The minimum atomic E-state index is -1.06. The molecule has 0 aliphatic heterocycles. The van der Waals surface area contributed by atoms with E-state index in [9.17, 15) is 9.59 Å². The molecule has 1 atom stereocenters. The van der Waals surface area contributed by atoms with Crippen molar-refractivity contribution >= 4 is 47.0 Å². The van der Waals surface area contributed by atoms with Gasteiger partial charge in [0.15, 0.2) is 11.9 Å². The molecule has 0 bridgehead atoms. The van der Waals surface area contributed by atoms with E-state index in [-0.39, 0.29) is 10.8 Å². The molecular weight excluding hydrogens is 439 g/mol. The number of aromatic nitrogens is 3. The van der Waals surface area contributed by atoms with Gasteiger partial charge < -0.3 is 10.1 Å². The van der Waals surface area contributed by atoms with E-state index in [1.807, 2.05) is 44.2 Å². The van der Waals surface area contributed by atoms with Crippen LogP contribution in [-0.4, -0.2) is 32.7 Å². The number of pyridine rings is 1. The number of hydrogen-bond donors (Lipinski definition) is 1. The second kappa shape index (κ2) is 9.76. The van der Waals surface area contributed by atoms with Gasteiger partial charge in [-0.25, -0.2) is 14.5 Å². The van der Waals surface area contributed by atoms with Crippen molar-refractivity contribution in [3.8, 4) is 5.69 Å². The fourth-order valence-electron chi connectivity index (χ4n) is 2.86. The van der Waals surface area contributed by atoms with Crippen molar-refractivity contribution in [3.63, 3.8) is 0 Å². The number of amides is 1. The second-order valence-corrected chi connectivity index (χ2v) is 7.56. The molecule has 3 aromatic rings. The van der Waals surface area contributed by atoms with E-state index < -0.39 is 18.0 Å². The van der Waals surface area contributed by atoms with Crippen molar-refractivity contribution in [3.05, 3.63) is 75.7 Å². The predicted octanol–water partition coefficient (Wildman–Crippen LogP) is 4.77. The highest BCUT2D eigenvalue weighted by molar-refractivity contribution is 6.36. The molecule has 0 fully saturated rings. The standard InChI is InChI=1S/C22H20Cl2N4O3/c1-13-18(14(2)28(27-13)17-7-5-4-6-8-17)9-10-20(29)31-15(3)22(30)26-21-19(24)11-16(23)12-25-21/h4-12,15H,1-3H3,(H,25,26,30)/b10-9+/t15-/m0/s1. The molecule has 0 unspecified atom stereocenters. The molecular formula is C22H20Cl2N4O3. The summed E-state index contributed by atoms with van der Waals surface area (Å²) in [6.45, 7) is 5.22. The molecule has 1 aromatic carbocycles. The zero-order valence-electron chi connectivity index (χ0n) is 17.1. The lowest BCUT2D eigenvalue weighted by atomic mass is 10.2. The number of anilines is 1. The monoisotopic (exact) mass is 458 g/mol. The Hall–Kier alpha value is -3.16. The first-order valence-corrected chi connectivity index (χ1v) is 10.1. The highest BCUT2D eigenvalue weighted by Crippen LogP contribution is 2.23. The number of nitrogens with one attached hydrogen (secondary N) is 1. The van der Waals surface area contributed by atoms with Crippen LogP contribution < -0.4 is 5.32 Å². The first-order valence-electron chi connectivity index (χ1n) is 9.38. The number of carbonyl (C=O) groups excluding carboxylic acids is 2. The summed E-state index contributed by atoms with van der Waals surface area (Å²) in [5.41, 5.74) is 3.36. The number of para-hydroxylation sites is 1. The maximum atomic E-state index is 12.3. The zero-order valence-corrected chi connectivity index (χ0v) is 18.6. The van der Waals surface area contributed by atoms with Crippen LogP contribution in [-0.2, 0) is 14.3 Å². The van der Waals surface area contributed by atoms with Crippen LogP contribution in [0.25, 0.3) is 11.8 Å². The van der Waals surface area contributed by atoms with E-state index >= 15 is 0 Å². The van der Waals surface area contributed by atoms with Gasteiger partial charge in [0, 0.05) is 23.5 Å². The van der Waals surface area contributed by atoms with Crippen molar-refractivity contribution in [1.82, 2.24) is 14.8 Å². The number of ether oxygens (including phenoxy) is 1. The zero-order chi connectivity index (χ0) is 22.5. The van der Waals surface area contributed by atoms with E-state index in [2.05, 4.69) is 15.4 Å². The molecule has 1 amide bonds. The number of carbonyl (C=O) groups is 2. The first-order chi connectivity index (χ1) is 14.8. The molecule has 0 saturated heterocycles. The molecule has 0 aliphatic rings. The van der Waals surface area contributed by atoms with Gasteiger partial charge in [-0.3, -0.25) is 4.79 Å². The van der Waals surface area contributed by atoms with Gasteiger partial charge >= 0.3 is 5.97 Å². The van der Waals surface area contributed by atoms with Gasteiger partial charge in [-0.1, -0.05) is 41.4 Å². The third-order valence-corrected chi connectivity index (χ3v) is 4.94. The van der Waals surface area contributed by atoms with Crippen LogP contribution in [0.4, 0.5) is 5.82 Å². The highest BCUT2D eigenvalue weighted by atomic mass is 35.5. The normalized spacial score (nSPS) is 12.0. The van der Waals surface area contributed by atoms with Gasteiger partial charge in [-0.15, -0.1) is 0 Å². The maximum absolute atomic E-state index is 12.3. The second-order valence-electron chi connectivity index (χ2n) is 6.72. The largest absolute Gasteiger partial charge is 0.449 e. The number of aryl methyl sites for hydroxylation is 1. The summed E-state index contributed by atoms with van der Waals surface area (Å²) < 4.78 is 6.98. The summed E-state index contributed by atoms with van der Waals surface area (Å²) in [5.74, 6) is -1.10. The summed E-state index contributed by atoms with van der Waals surface area (Å²) in [5, 5.41) is 7.55. The first kappa shape index (κ1) is 22.5. The summed E-state index contributed by atoms with van der Waals surface area (Å²) in [6, 6.07) is 11.1. The lowest BCUT2D eigenvalue weighted by Gasteiger charge is -2.12. The lowest BCUT2D eigenvalue weighted by Crippen LogP contribution is -2.29. The van der Waals surface area contributed by atoms with Crippen LogP contribution in [0, 0.1) is 13.8 Å². The Morgan fingerprint density at radius 1 is 1.19 bits per heavy atom. The molecule has 160 valence electrons. The smallest absolute Gasteiger partial charge is 0.331 e. The average molecular weight is 459 g/mol. The maximum Gasteiger partial charge on any atom is 0.331 e. The Kier molecular flexibility index (Phi) is 7.09. The van der Waals surface area contributed by atoms with E-state index in [4.69, 9.17) is 27.9 Å². The lowest BCUT2D eigenvalue weighted by molar-refractivity contribution is -0.148. The highest BCUT2D eigenvalue weighted by Gasteiger charge is 2.19. The molecule has 0 saturated carbocycles. The number of halogens is 2. The number of hydrogen-bond acceptors (Lipinski definition) is 5. The SMILES string of the molecule is Cc1nn(-c2ccccc2)c(C)c1/C=C/C(=O)O[C@@H](C)C(=O)Nc1ncc(Cl)cc1Cl. The van der Waals surface area contributed by atoms with Gasteiger partial charge in [-0.2, -0.15) is 5.10 Å². The van der Waals surface area contributed by atoms with Crippen LogP contribution in [0.15, 0.2) is 48.7 Å². The summed E-state index contributed by atoms with van der Waals surface area (Å²) in [4.78, 5) is 28.4. The summed E-state index contributed by atoms with van der Waals surface area (Å²) in [7, 11) is 0. The summed E-state index contributed by atoms with van der Waals surface area (Å²) in [6.07, 6.45) is 3.19. The van der Waals surface area contributed by atoms with Gasteiger partial charge in [0.1, 0.15) is 0 Å².